The highest BCUT2D eigenvalue weighted by atomic mass is 35.5. The zero-order valence-corrected chi connectivity index (χ0v) is 16.8. The summed E-state index contributed by atoms with van der Waals surface area (Å²) < 4.78 is 42.4. The van der Waals surface area contributed by atoms with Gasteiger partial charge in [-0.2, -0.15) is 0 Å². The van der Waals surface area contributed by atoms with Crippen molar-refractivity contribution in [2.24, 2.45) is 11.7 Å². The number of halogens is 2. The van der Waals surface area contributed by atoms with Gasteiger partial charge in [-0.1, -0.05) is 12.8 Å². The van der Waals surface area contributed by atoms with E-state index in [1.807, 2.05) is 0 Å². The first-order valence-corrected chi connectivity index (χ1v) is 10.7. The number of carbonyl (C=O) groups is 1. The maximum atomic E-state index is 14.4. The summed E-state index contributed by atoms with van der Waals surface area (Å²) in [6, 6.07) is 3.28. The smallest absolute Gasteiger partial charge is 0.256 e. The molecule has 1 amide bonds. The molecule has 3 rings (SSSR count). The molecule has 1 aliphatic carbocycles. The first-order valence-electron chi connectivity index (χ1n) is 9.23. The lowest BCUT2D eigenvalue weighted by Crippen LogP contribution is -2.44. The number of hydrogen-bond donors (Lipinski definition) is 2. The molecule has 152 valence electrons. The third kappa shape index (κ3) is 4.99. The van der Waals surface area contributed by atoms with E-state index in [2.05, 4.69) is 4.72 Å². The molecule has 2 atom stereocenters. The Labute approximate surface area is 166 Å². The summed E-state index contributed by atoms with van der Waals surface area (Å²) in [7, 11) is -3.86. The molecule has 2 unspecified atom stereocenters. The van der Waals surface area contributed by atoms with Crippen molar-refractivity contribution in [2.75, 3.05) is 19.6 Å². The molecule has 1 saturated heterocycles. The van der Waals surface area contributed by atoms with Gasteiger partial charge in [-0.25, -0.2) is 17.5 Å². The number of amides is 1. The van der Waals surface area contributed by atoms with Crippen LogP contribution in [-0.4, -0.2) is 44.9 Å². The summed E-state index contributed by atoms with van der Waals surface area (Å²) in [5, 5.41) is 0. The average molecular weight is 420 g/mol. The molecule has 1 heterocycles. The molecular weight excluding hydrogens is 393 g/mol. The van der Waals surface area contributed by atoms with Crippen LogP contribution >= 0.6 is 12.4 Å². The van der Waals surface area contributed by atoms with Crippen molar-refractivity contribution in [3.05, 3.63) is 29.6 Å². The fraction of sp³-hybridized carbons (Fsp3) is 0.611. The van der Waals surface area contributed by atoms with Crippen LogP contribution in [0.4, 0.5) is 4.39 Å². The van der Waals surface area contributed by atoms with E-state index in [-0.39, 0.29) is 40.7 Å². The van der Waals surface area contributed by atoms with Gasteiger partial charge in [0.15, 0.2) is 0 Å². The van der Waals surface area contributed by atoms with Gasteiger partial charge in [0.05, 0.1) is 10.5 Å². The number of nitrogens with one attached hydrogen (secondary N) is 1. The van der Waals surface area contributed by atoms with Gasteiger partial charge in [-0.15, -0.1) is 12.4 Å². The maximum Gasteiger partial charge on any atom is 0.256 e. The molecule has 1 aromatic rings. The van der Waals surface area contributed by atoms with Gasteiger partial charge in [0.25, 0.3) is 5.91 Å². The minimum absolute atomic E-state index is 0. The third-order valence-electron chi connectivity index (χ3n) is 5.39. The Bertz CT molecular complexity index is 769. The number of rotatable bonds is 5. The van der Waals surface area contributed by atoms with Crippen LogP contribution in [0.5, 0.6) is 0 Å². The van der Waals surface area contributed by atoms with E-state index in [9.17, 15) is 17.6 Å². The van der Waals surface area contributed by atoms with Crippen LogP contribution in [0.3, 0.4) is 0 Å². The first-order chi connectivity index (χ1) is 12.4. The second-order valence-corrected chi connectivity index (χ2v) is 8.86. The van der Waals surface area contributed by atoms with Crippen LogP contribution in [0.2, 0.25) is 0 Å². The van der Waals surface area contributed by atoms with Gasteiger partial charge in [0.2, 0.25) is 10.0 Å². The number of nitrogens with two attached hydrogens (primary N) is 1. The number of benzene rings is 1. The largest absolute Gasteiger partial charge is 0.339 e. The molecule has 3 N–H and O–H groups in total. The summed E-state index contributed by atoms with van der Waals surface area (Å²) in [4.78, 5) is 13.8. The van der Waals surface area contributed by atoms with E-state index in [0.29, 0.717) is 19.6 Å². The van der Waals surface area contributed by atoms with Crippen molar-refractivity contribution < 1.29 is 17.6 Å². The lowest BCUT2D eigenvalue weighted by atomic mass is 9.85. The van der Waals surface area contributed by atoms with E-state index in [0.717, 1.165) is 44.6 Å². The number of carbonyl (C=O) groups excluding carboxylic acids is 1. The lowest BCUT2D eigenvalue weighted by Gasteiger charge is -2.31. The van der Waals surface area contributed by atoms with E-state index in [1.54, 1.807) is 4.90 Å². The van der Waals surface area contributed by atoms with Crippen molar-refractivity contribution >= 4 is 28.3 Å². The summed E-state index contributed by atoms with van der Waals surface area (Å²) in [6.07, 6.45) is 5.43. The highest BCUT2D eigenvalue weighted by Gasteiger charge is 2.30. The molecule has 2 aliphatic rings. The first kappa shape index (κ1) is 22.1. The second kappa shape index (κ2) is 9.32. The Kier molecular flexibility index (Phi) is 7.62. The van der Waals surface area contributed by atoms with Gasteiger partial charge in [-0.05, 0) is 56.3 Å². The van der Waals surface area contributed by atoms with Crippen molar-refractivity contribution in [1.82, 2.24) is 9.62 Å². The van der Waals surface area contributed by atoms with Gasteiger partial charge in [-0.3, -0.25) is 4.79 Å². The van der Waals surface area contributed by atoms with E-state index >= 15 is 0 Å². The molecule has 6 nitrogen and oxygen atoms in total. The normalized spacial score (nSPS) is 23.1. The number of sulfonamides is 1. The Morgan fingerprint density at radius 3 is 2.48 bits per heavy atom. The summed E-state index contributed by atoms with van der Waals surface area (Å²) in [5.41, 5.74) is 5.67. The Hall–Kier alpha value is -1.22. The number of hydrogen-bond acceptors (Lipinski definition) is 4. The fourth-order valence-corrected chi connectivity index (χ4v) is 5.19. The van der Waals surface area contributed by atoms with E-state index < -0.39 is 15.8 Å². The van der Waals surface area contributed by atoms with Gasteiger partial charge >= 0.3 is 0 Å². The molecule has 1 aromatic carbocycles. The summed E-state index contributed by atoms with van der Waals surface area (Å²) in [5.74, 6) is -1.09. The van der Waals surface area contributed by atoms with Crippen LogP contribution in [0.25, 0.3) is 0 Å². The third-order valence-corrected chi connectivity index (χ3v) is 6.88. The van der Waals surface area contributed by atoms with Gasteiger partial charge < -0.3 is 10.6 Å². The maximum absolute atomic E-state index is 14.4. The monoisotopic (exact) mass is 419 g/mol. The van der Waals surface area contributed by atoms with Crippen LogP contribution in [0, 0.1) is 11.7 Å². The molecule has 1 aliphatic heterocycles. The number of nitrogens with zero attached hydrogens (tertiary/aromatic N) is 1. The lowest BCUT2D eigenvalue weighted by molar-refractivity contribution is 0.0788. The molecule has 0 bridgehead atoms. The Morgan fingerprint density at radius 2 is 1.85 bits per heavy atom. The molecule has 0 spiro atoms. The minimum Gasteiger partial charge on any atom is -0.339 e. The van der Waals surface area contributed by atoms with Crippen molar-refractivity contribution in [2.45, 2.75) is 49.5 Å². The van der Waals surface area contributed by atoms with Crippen LogP contribution in [-0.2, 0) is 10.0 Å². The fourth-order valence-electron chi connectivity index (χ4n) is 3.84. The molecule has 27 heavy (non-hydrogen) atoms. The minimum atomic E-state index is -3.86. The molecule has 1 saturated carbocycles. The molecule has 0 aromatic heterocycles. The zero-order valence-electron chi connectivity index (χ0n) is 15.2. The van der Waals surface area contributed by atoms with Crippen molar-refractivity contribution in [3.8, 4) is 0 Å². The van der Waals surface area contributed by atoms with Crippen LogP contribution in [0.1, 0.15) is 48.9 Å². The summed E-state index contributed by atoms with van der Waals surface area (Å²) in [6.45, 7) is 1.65. The Balaban J connectivity index is 0.00000261. The SMILES string of the molecule is Cl.NCC1CCCCC1NS(=O)(=O)c1ccc(C(=O)N2CCCC2)c(F)c1. The molecule has 0 radical (unpaired) electrons. The molecule has 9 heteroatoms. The highest BCUT2D eigenvalue weighted by molar-refractivity contribution is 7.89. The van der Waals surface area contributed by atoms with Gasteiger partial charge in [0, 0.05) is 19.1 Å². The van der Waals surface area contributed by atoms with E-state index in [4.69, 9.17) is 5.73 Å². The van der Waals surface area contributed by atoms with Crippen LogP contribution < -0.4 is 10.5 Å². The molecular formula is C18H27ClFN3O3S. The summed E-state index contributed by atoms with van der Waals surface area (Å²) >= 11 is 0. The number of likely N-dealkylation sites (tertiary alicyclic amines) is 1. The average Bonchev–Trinajstić information content (AvgIpc) is 3.16. The topological polar surface area (TPSA) is 92.5 Å². The second-order valence-electron chi connectivity index (χ2n) is 7.15. The predicted molar refractivity (Wildman–Crippen MR) is 104 cm³/mol. The van der Waals surface area contributed by atoms with Crippen molar-refractivity contribution in [1.29, 1.82) is 0 Å². The highest BCUT2D eigenvalue weighted by Crippen LogP contribution is 2.26. The zero-order chi connectivity index (χ0) is 18.7. The van der Waals surface area contributed by atoms with E-state index in [1.165, 1.54) is 12.1 Å². The van der Waals surface area contributed by atoms with Gasteiger partial charge in [0.1, 0.15) is 5.82 Å². The quantitative estimate of drug-likeness (QED) is 0.765. The standard InChI is InChI=1S/C18H26FN3O3S.ClH/c19-16-11-14(7-8-15(16)18(23)22-9-3-4-10-22)26(24,25)21-17-6-2-1-5-13(17)12-20;/h7-8,11,13,17,21H,1-6,9-10,12,20H2;1H. The molecule has 2 fully saturated rings. The predicted octanol–water partition coefficient (Wildman–Crippen LogP) is 2.28. The van der Waals surface area contributed by atoms with Crippen molar-refractivity contribution in [3.63, 3.8) is 0 Å². The van der Waals surface area contributed by atoms with Crippen LogP contribution in [0.15, 0.2) is 23.1 Å². The Morgan fingerprint density at radius 1 is 1.19 bits per heavy atom.